The van der Waals surface area contributed by atoms with Crippen LogP contribution in [0.4, 0.5) is 5.69 Å². The number of anilines is 1. The van der Waals surface area contributed by atoms with Crippen molar-refractivity contribution < 1.29 is 28.6 Å². The third-order valence-electron chi connectivity index (χ3n) is 4.68. The molecule has 9 heteroatoms. The number of carbonyl (C=O) groups is 3. The van der Waals surface area contributed by atoms with E-state index < -0.39 is 5.41 Å². The van der Waals surface area contributed by atoms with Crippen molar-refractivity contribution in [1.82, 2.24) is 5.32 Å². The minimum atomic E-state index is -0.535. The molecule has 8 nitrogen and oxygen atoms in total. The first-order valence-corrected chi connectivity index (χ1v) is 11.2. The Morgan fingerprint density at radius 1 is 0.939 bits per heavy atom. The van der Waals surface area contributed by atoms with Crippen molar-refractivity contribution in [3.63, 3.8) is 0 Å². The molecule has 0 unspecified atom stereocenters. The minimum Gasteiger partial charge on any atom is -0.493 e. The Morgan fingerprint density at radius 3 is 2.09 bits per heavy atom. The topological polar surface area (TPSA) is 103 Å². The zero-order chi connectivity index (χ0) is 24.6. The fourth-order valence-electron chi connectivity index (χ4n) is 2.79. The molecule has 0 bridgehead atoms. The SMILES string of the molecule is COc1cc(NC(=O)CSc2ccccc2C(=O)NCC(=O)C(C)(C)C)cc(OC)c1OC. The van der Waals surface area contributed by atoms with Gasteiger partial charge in [-0.15, -0.1) is 11.8 Å². The molecule has 0 saturated heterocycles. The minimum absolute atomic E-state index is 0.0526. The van der Waals surface area contributed by atoms with Crippen LogP contribution in [0.1, 0.15) is 31.1 Å². The van der Waals surface area contributed by atoms with Crippen LogP contribution in [0.15, 0.2) is 41.3 Å². The second-order valence-corrected chi connectivity index (χ2v) is 9.12. The Hall–Kier alpha value is -3.20. The fourth-order valence-corrected chi connectivity index (χ4v) is 3.64. The van der Waals surface area contributed by atoms with Crippen LogP contribution >= 0.6 is 11.8 Å². The summed E-state index contributed by atoms with van der Waals surface area (Å²) in [5, 5.41) is 5.47. The summed E-state index contributed by atoms with van der Waals surface area (Å²) in [6.07, 6.45) is 0. The van der Waals surface area contributed by atoms with Crippen LogP contribution in [-0.2, 0) is 9.59 Å². The summed E-state index contributed by atoms with van der Waals surface area (Å²) in [7, 11) is 4.49. The summed E-state index contributed by atoms with van der Waals surface area (Å²) in [6.45, 7) is 5.36. The number of ether oxygens (including phenoxy) is 3. The maximum absolute atomic E-state index is 12.6. The van der Waals surface area contributed by atoms with E-state index in [0.717, 1.165) is 0 Å². The molecule has 0 aromatic heterocycles. The highest BCUT2D eigenvalue weighted by molar-refractivity contribution is 8.00. The molecule has 33 heavy (non-hydrogen) atoms. The molecule has 2 aromatic rings. The van der Waals surface area contributed by atoms with Crippen LogP contribution in [0.2, 0.25) is 0 Å². The van der Waals surface area contributed by atoms with Gasteiger partial charge in [0.1, 0.15) is 0 Å². The van der Waals surface area contributed by atoms with E-state index in [9.17, 15) is 14.4 Å². The molecule has 2 amide bonds. The Kier molecular flexibility index (Phi) is 9.16. The van der Waals surface area contributed by atoms with Crippen molar-refractivity contribution in [2.45, 2.75) is 25.7 Å². The summed E-state index contributed by atoms with van der Waals surface area (Å²) in [4.78, 5) is 37.9. The zero-order valence-corrected chi connectivity index (χ0v) is 20.6. The smallest absolute Gasteiger partial charge is 0.252 e. The third-order valence-corrected chi connectivity index (χ3v) is 5.76. The van der Waals surface area contributed by atoms with Gasteiger partial charge >= 0.3 is 0 Å². The molecular weight excluding hydrogens is 444 g/mol. The Balaban J connectivity index is 2.05. The summed E-state index contributed by atoms with van der Waals surface area (Å²) >= 11 is 1.23. The predicted molar refractivity (Wildman–Crippen MR) is 129 cm³/mol. The van der Waals surface area contributed by atoms with E-state index in [1.54, 1.807) is 57.2 Å². The summed E-state index contributed by atoms with van der Waals surface area (Å²) in [5.41, 5.74) is 0.360. The standard InChI is InChI=1S/C24H30N2O6S/c1-24(2,3)20(27)13-25-23(29)16-9-7-8-10-19(16)33-14-21(28)26-15-11-17(30-4)22(32-6)18(12-15)31-5/h7-12H,13-14H2,1-6H3,(H,25,29)(H,26,28). The zero-order valence-electron chi connectivity index (χ0n) is 19.7. The highest BCUT2D eigenvalue weighted by Gasteiger charge is 2.22. The maximum Gasteiger partial charge on any atom is 0.252 e. The van der Waals surface area contributed by atoms with Crippen molar-refractivity contribution in [3.05, 3.63) is 42.0 Å². The number of rotatable bonds is 10. The van der Waals surface area contributed by atoms with Gasteiger partial charge in [0.15, 0.2) is 17.3 Å². The van der Waals surface area contributed by atoms with Crippen molar-refractivity contribution in [1.29, 1.82) is 0 Å². The molecular formula is C24H30N2O6S. The number of hydrogen-bond acceptors (Lipinski definition) is 7. The summed E-state index contributed by atoms with van der Waals surface area (Å²) < 4.78 is 15.9. The monoisotopic (exact) mass is 474 g/mol. The van der Waals surface area contributed by atoms with Gasteiger partial charge in [-0.1, -0.05) is 32.9 Å². The molecule has 2 N–H and O–H groups in total. The number of amides is 2. The largest absolute Gasteiger partial charge is 0.493 e. The molecule has 2 aromatic carbocycles. The van der Waals surface area contributed by atoms with Gasteiger partial charge in [0.2, 0.25) is 11.7 Å². The quantitative estimate of drug-likeness (QED) is 0.505. The average molecular weight is 475 g/mol. The second-order valence-electron chi connectivity index (χ2n) is 8.10. The van der Waals surface area contributed by atoms with E-state index in [1.165, 1.54) is 33.1 Å². The first-order chi connectivity index (χ1) is 15.6. The van der Waals surface area contributed by atoms with E-state index in [4.69, 9.17) is 14.2 Å². The molecule has 0 aliphatic rings. The van der Waals surface area contributed by atoms with Gasteiger partial charge in [-0.3, -0.25) is 14.4 Å². The van der Waals surface area contributed by atoms with E-state index >= 15 is 0 Å². The van der Waals surface area contributed by atoms with Crippen LogP contribution in [-0.4, -0.2) is 51.2 Å². The molecule has 0 aliphatic heterocycles. The molecule has 178 valence electrons. The number of thioether (sulfide) groups is 1. The normalized spacial score (nSPS) is 10.8. The van der Waals surface area contributed by atoms with E-state index in [2.05, 4.69) is 10.6 Å². The molecule has 0 heterocycles. The molecule has 0 saturated carbocycles. The number of hydrogen-bond donors (Lipinski definition) is 2. The van der Waals surface area contributed by atoms with Crippen LogP contribution in [0.5, 0.6) is 17.2 Å². The first kappa shape index (κ1) is 26.1. The molecule has 0 atom stereocenters. The average Bonchev–Trinajstić information content (AvgIpc) is 2.79. The summed E-state index contributed by atoms with van der Waals surface area (Å²) in [6, 6.07) is 10.2. The maximum atomic E-state index is 12.6. The van der Waals surface area contributed by atoms with Gasteiger partial charge in [-0.05, 0) is 12.1 Å². The number of ketones is 1. The lowest BCUT2D eigenvalue weighted by Gasteiger charge is -2.17. The summed E-state index contributed by atoms with van der Waals surface area (Å²) in [5.74, 6) is 0.649. The molecule has 0 spiro atoms. The lowest BCUT2D eigenvalue weighted by molar-refractivity contribution is -0.125. The van der Waals surface area contributed by atoms with Crippen molar-refractivity contribution in [3.8, 4) is 17.2 Å². The number of methoxy groups -OCH3 is 3. The van der Waals surface area contributed by atoms with Crippen LogP contribution in [0, 0.1) is 5.41 Å². The fraction of sp³-hybridized carbons (Fsp3) is 0.375. The first-order valence-electron chi connectivity index (χ1n) is 10.2. The lowest BCUT2D eigenvalue weighted by Crippen LogP contribution is -2.35. The predicted octanol–water partition coefficient (Wildman–Crippen LogP) is 3.79. The third kappa shape index (κ3) is 7.15. The van der Waals surface area contributed by atoms with Gasteiger partial charge in [-0.25, -0.2) is 0 Å². The van der Waals surface area contributed by atoms with Gasteiger partial charge in [-0.2, -0.15) is 0 Å². The molecule has 0 radical (unpaired) electrons. The molecule has 0 aliphatic carbocycles. The van der Waals surface area contributed by atoms with E-state index in [-0.39, 0.29) is 29.9 Å². The Bertz CT molecular complexity index is 991. The van der Waals surface area contributed by atoms with Gasteiger partial charge in [0.25, 0.3) is 5.91 Å². The highest BCUT2D eigenvalue weighted by atomic mass is 32.2. The van der Waals surface area contributed by atoms with Gasteiger partial charge in [0.05, 0.1) is 39.2 Å². The molecule has 2 rings (SSSR count). The van der Waals surface area contributed by atoms with Crippen molar-refractivity contribution >= 4 is 35.0 Å². The van der Waals surface area contributed by atoms with Gasteiger partial charge in [0, 0.05) is 28.1 Å². The number of Topliss-reactive ketones (excluding diaryl/α,β-unsaturated/α-hetero) is 1. The second kappa shape index (κ2) is 11.6. The van der Waals surface area contributed by atoms with Crippen molar-refractivity contribution in [2.24, 2.45) is 5.41 Å². The number of carbonyl (C=O) groups excluding carboxylic acids is 3. The van der Waals surface area contributed by atoms with Crippen LogP contribution < -0.4 is 24.8 Å². The van der Waals surface area contributed by atoms with Gasteiger partial charge < -0.3 is 24.8 Å². The van der Waals surface area contributed by atoms with Crippen LogP contribution in [0.25, 0.3) is 0 Å². The Labute approximate surface area is 198 Å². The van der Waals surface area contributed by atoms with Crippen molar-refractivity contribution in [2.75, 3.05) is 38.9 Å². The lowest BCUT2D eigenvalue weighted by atomic mass is 9.91. The van der Waals surface area contributed by atoms with Crippen LogP contribution in [0.3, 0.4) is 0 Å². The Morgan fingerprint density at radius 2 is 1.55 bits per heavy atom. The highest BCUT2D eigenvalue weighted by Crippen LogP contribution is 2.40. The number of nitrogens with one attached hydrogen (secondary N) is 2. The van der Waals surface area contributed by atoms with E-state index in [0.29, 0.717) is 33.4 Å². The van der Waals surface area contributed by atoms with E-state index in [1.807, 2.05) is 0 Å². The number of benzene rings is 2. The molecule has 0 fully saturated rings.